The van der Waals surface area contributed by atoms with Crippen LogP contribution in [0, 0.1) is 27.7 Å². The Balaban J connectivity index is 0.000000132. The van der Waals surface area contributed by atoms with E-state index in [0.717, 1.165) is 29.7 Å². The second kappa shape index (κ2) is 16.2. The van der Waals surface area contributed by atoms with Crippen molar-refractivity contribution in [3.05, 3.63) is 231 Å². The highest BCUT2D eigenvalue weighted by atomic mass is 16.3. The smallest absolute Gasteiger partial charge is 0.144 e. The van der Waals surface area contributed by atoms with Crippen molar-refractivity contribution in [3.63, 3.8) is 0 Å². The Morgan fingerprint density at radius 1 is 0.435 bits per heavy atom. The van der Waals surface area contributed by atoms with Gasteiger partial charge >= 0.3 is 0 Å². The van der Waals surface area contributed by atoms with E-state index in [-0.39, 0.29) is 16.2 Å². The number of hydrogen-bond acceptors (Lipinski definition) is 2. The number of allylic oxidation sites excluding steroid dienone is 3. The van der Waals surface area contributed by atoms with E-state index in [1.54, 1.807) is 0 Å². The summed E-state index contributed by atoms with van der Waals surface area (Å²) in [6.07, 6.45) is 6.60. The molecular weight excluding hydrogens is 835 g/mol. The quantitative estimate of drug-likeness (QED) is 0.188. The van der Waals surface area contributed by atoms with Crippen molar-refractivity contribution in [1.29, 1.82) is 0 Å². The lowest BCUT2D eigenvalue weighted by Gasteiger charge is -2.31. The first-order valence-electron chi connectivity index (χ1n) is 24.9. The van der Waals surface area contributed by atoms with Gasteiger partial charge in [0, 0.05) is 43.9 Å². The van der Waals surface area contributed by atoms with Gasteiger partial charge in [0.1, 0.15) is 11.2 Å². The molecule has 0 unspecified atom stereocenters. The van der Waals surface area contributed by atoms with Crippen LogP contribution in [0.25, 0.3) is 72.0 Å². The fraction of sp³-hybridized carbons (Fsp3) is 0.224. The second-order valence-corrected chi connectivity index (χ2v) is 21.5. The summed E-state index contributed by atoms with van der Waals surface area (Å²) in [6, 6.07) is 54.8. The topological polar surface area (TPSA) is 39.2 Å². The first-order chi connectivity index (χ1) is 33.1. The highest BCUT2D eigenvalue weighted by Gasteiger charge is 2.48. The molecule has 0 amide bonds. The minimum atomic E-state index is -0.0858. The average Bonchev–Trinajstić information content (AvgIpc) is 3.98. The third-order valence-corrected chi connectivity index (χ3v) is 15.9. The lowest BCUT2D eigenvalue weighted by molar-refractivity contribution is 0.600. The molecule has 69 heavy (non-hydrogen) atoms. The number of fused-ring (bicyclic) bond motifs is 15. The van der Waals surface area contributed by atoms with Gasteiger partial charge in [-0.25, -0.2) is 0 Å². The van der Waals surface area contributed by atoms with Crippen molar-refractivity contribution >= 4 is 27.5 Å². The Kier molecular flexibility index (Phi) is 10.4. The number of benzene rings is 8. The van der Waals surface area contributed by atoms with Gasteiger partial charge in [-0.05, 0) is 136 Å². The molecule has 2 N–H and O–H groups in total. The molecule has 0 fully saturated rings. The lowest BCUT2D eigenvalue weighted by Crippen LogP contribution is -2.24. The molecule has 2 heteroatoms. The van der Waals surface area contributed by atoms with Gasteiger partial charge in [-0.15, -0.1) is 0 Å². The number of hydrogen-bond donors (Lipinski definition) is 1. The SMILES string of the molecule is Cc1ccc2c(c1)C(C)(C)c1c3c(c4oc5ccccc5c4c1-2)-c1ccccc1C3(C)C.Cc1ccc2c(c1)C(C)(C)c1cc(-c3ccccc3)c(C)c(C3=CCCC=C3N)c1-2.Cc1ccccc1. The van der Waals surface area contributed by atoms with Crippen molar-refractivity contribution in [2.24, 2.45) is 5.73 Å². The Morgan fingerprint density at radius 2 is 0.986 bits per heavy atom. The Labute approximate surface area is 409 Å². The standard InChI is InChI=1S/C31H26O.C29H29N.C7H8/c1-17-14-15-19-22(16-17)31(4,5)27-24(19)25-20-11-7-9-13-23(20)32-29(25)26-18-10-6-8-12-21(18)30(2,3)28(26)27;1-18-14-15-21-24(16-18)29(3,4)25-17-23(20-10-6-5-7-11-20)19(2)27(28(21)25)22-12-8-9-13-26(22)30;1-7-5-3-2-4-6-7/h6-16H,1-5H3;5-7,10-17H,8-9,30H2,1-4H3;2-6H,1H3. The van der Waals surface area contributed by atoms with E-state index in [1.807, 2.05) is 18.2 Å². The second-order valence-electron chi connectivity index (χ2n) is 21.5. The molecule has 1 aromatic heterocycles. The minimum Gasteiger partial charge on any atom is -0.455 e. The summed E-state index contributed by atoms with van der Waals surface area (Å²) in [5.74, 6) is 0. The van der Waals surface area contributed by atoms with Gasteiger partial charge in [-0.3, -0.25) is 0 Å². The zero-order valence-electron chi connectivity index (χ0n) is 42.0. The van der Waals surface area contributed by atoms with Crippen molar-refractivity contribution in [2.45, 2.75) is 98.3 Å². The van der Waals surface area contributed by atoms with Crippen LogP contribution in [0.3, 0.4) is 0 Å². The minimum absolute atomic E-state index is 0.0453. The van der Waals surface area contributed by atoms with Crippen LogP contribution in [-0.2, 0) is 16.2 Å². The fourth-order valence-corrected chi connectivity index (χ4v) is 12.5. The van der Waals surface area contributed by atoms with E-state index in [2.05, 4.69) is 215 Å². The number of para-hydroxylation sites is 1. The summed E-state index contributed by atoms with van der Waals surface area (Å²) in [4.78, 5) is 0. The number of aryl methyl sites for hydroxylation is 3. The van der Waals surface area contributed by atoms with Crippen LogP contribution in [0.5, 0.6) is 0 Å². The average molecular weight is 898 g/mol. The first-order valence-corrected chi connectivity index (χ1v) is 24.9. The van der Waals surface area contributed by atoms with Gasteiger partial charge in [-0.1, -0.05) is 210 Å². The zero-order chi connectivity index (χ0) is 48.1. The molecule has 0 atom stereocenters. The Hall–Kier alpha value is -7.16. The Bertz CT molecular complexity index is 3610. The zero-order valence-corrected chi connectivity index (χ0v) is 42.0. The van der Waals surface area contributed by atoms with Crippen LogP contribution in [0.15, 0.2) is 174 Å². The Morgan fingerprint density at radius 3 is 1.65 bits per heavy atom. The predicted molar refractivity (Wildman–Crippen MR) is 293 cm³/mol. The van der Waals surface area contributed by atoms with Gasteiger partial charge in [0.25, 0.3) is 0 Å². The van der Waals surface area contributed by atoms with Crippen LogP contribution in [0.1, 0.15) is 116 Å². The summed E-state index contributed by atoms with van der Waals surface area (Å²) in [5.41, 5.74) is 36.3. The molecule has 342 valence electrons. The molecular formula is C67H63NO. The van der Waals surface area contributed by atoms with E-state index in [9.17, 15) is 0 Å². The van der Waals surface area contributed by atoms with E-state index < -0.39 is 0 Å². The maximum Gasteiger partial charge on any atom is 0.144 e. The molecule has 8 aromatic carbocycles. The van der Waals surface area contributed by atoms with Crippen LogP contribution in [0.4, 0.5) is 0 Å². The maximum atomic E-state index is 6.68. The largest absolute Gasteiger partial charge is 0.455 e. The third-order valence-electron chi connectivity index (χ3n) is 15.9. The summed E-state index contributed by atoms with van der Waals surface area (Å²) in [7, 11) is 0. The van der Waals surface area contributed by atoms with Gasteiger partial charge in [-0.2, -0.15) is 0 Å². The summed E-state index contributed by atoms with van der Waals surface area (Å²) in [6.45, 7) is 23.0. The van der Waals surface area contributed by atoms with Crippen molar-refractivity contribution in [2.75, 3.05) is 0 Å². The van der Waals surface area contributed by atoms with Crippen LogP contribution in [-0.4, -0.2) is 0 Å². The normalized spacial score (nSPS) is 15.9. The number of furan rings is 1. The van der Waals surface area contributed by atoms with E-state index in [1.165, 1.54) is 122 Å². The van der Waals surface area contributed by atoms with Gasteiger partial charge in [0.2, 0.25) is 0 Å². The first kappa shape index (κ1) is 44.4. The molecule has 9 aromatic rings. The summed E-state index contributed by atoms with van der Waals surface area (Å²) < 4.78 is 6.68. The van der Waals surface area contributed by atoms with E-state index >= 15 is 0 Å². The van der Waals surface area contributed by atoms with Gasteiger partial charge in [0.05, 0.1) is 0 Å². The molecule has 2 nitrogen and oxygen atoms in total. The van der Waals surface area contributed by atoms with E-state index in [0.29, 0.717) is 0 Å². The molecule has 4 aliphatic rings. The molecule has 0 radical (unpaired) electrons. The number of rotatable bonds is 2. The highest BCUT2D eigenvalue weighted by Crippen LogP contribution is 2.63. The molecule has 13 rings (SSSR count). The van der Waals surface area contributed by atoms with Crippen LogP contribution in [0.2, 0.25) is 0 Å². The van der Waals surface area contributed by atoms with Crippen molar-refractivity contribution in [3.8, 4) is 44.5 Å². The molecule has 0 saturated heterocycles. The van der Waals surface area contributed by atoms with E-state index in [4.69, 9.17) is 10.2 Å². The lowest BCUT2D eigenvalue weighted by atomic mass is 9.72. The fourth-order valence-electron chi connectivity index (χ4n) is 12.5. The van der Waals surface area contributed by atoms with Crippen LogP contribution < -0.4 is 5.73 Å². The molecule has 0 bridgehead atoms. The van der Waals surface area contributed by atoms with Crippen molar-refractivity contribution in [1.82, 2.24) is 0 Å². The molecule has 4 aliphatic carbocycles. The number of nitrogens with two attached hydrogens (primary N) is 1. The summed E-state index contributed by atoms with van der Waals surface area (Å²) >= 11 is 0. The molecule has 0 saturated carbocycles. The van der Waals surface area contributed by atoms with Gasteiger partial charge < -0.3 is 10.2 Å². The van der Waals surface area contributed by atoms with Gasteiger partial charge in [0.15, 0.2) is 0 Å². The van der Waals surface area contributed by atoms with Crippen LogP contribution >= 0.6 is 0 Å². The molecule has 0 aliphatic heterocycles. The third kappa shape index (κ3) is 6.81. The highest BCUT2D eigenvalue weighted by molar-refractivity contribution is 6.20. The maximum absolute atomic E-state index is 6.68. The monoisotopic (exact) mass is 897 g/mol. The molecule has 0 spiro atoms. The molecule has 1 heterocycles. The van der Waals surface area contributed by atoms with Crippen molar-refractivity contribution < 1.29 is 4.42 Å². The predicted octanol–water partition coefficient (Wildman–Crippen LogP) is 17.8. The summed E-state index contributed by atoms with van der Waals surface area (Å²) in [5, 5.41) is 2.49.